The van der Waals surface area contributed by atoms with Gasteiger partial charge < -0.3 is 10.6 Å². The third-order valence-electron chi connectivity index (χ3n) is 4.78. The van der Waals surface area contributed by atoms with Crippen LogP contribution in [-0.4, -0.2) is 38.7 Å². The van der Waals surface area contributed by atoms with Crippen LogP contribution in [0.3, 0.4) is 0 Å². The second kappa shape index (κ2) is 9.80. The zero-order valence-electron chi connectivity index (χ0n) is 20.0. The second-order valence-electron chi connectivity index (χ2n) is 9.10. The first-order valence-electron chi connectivity index (χ1n) is 11.0. The number of rotatable bonds is 8. The lowest BCUT2D eigenvalue weighted by molar-refractivity contribution is 0.491. The number of pyridine rings is 1. The van der Waals surface area contributed by atoms with Gasteiger partial charge in [0, 0.05) is 35.4 Å². The Morgan fingerprint density at radius 3 is 2.49 bits per heavy atom. The average Bonchev–Trinajstić information content (AvgIpc) is 3.29. The lowest BCUT2D eigenvalue weighted by Crippen LogP contribution is -2.40. The summed E-state index contributed by atoms with van der Waals surface area (Å²) in [4.78, 5) is 13.5. The van der Waals surface area contributed by atoms with E-state index in [1.54, 1.807) is 68.3 Å². The Kier molecular flexibility index (Phi) is 6.81. The molecule has 0 saturated heterocycles. The average molecular weight is 493 g/mol. The van der Waals surface area contributed by atoms with Crippen molar-refractivity contribution in [1.82, 2.24) is 29.5 Å². The van der Waals surface area contributed by atoms with Crippen molar-refractivity contribution in [2.45, 2.75) is 44.7 Å². The molecule has 0 spiro atoms. The molecule has 0 saturated carbocycles. The third kappa shape index (κ3) is 6.61. The standard InChI is InChI=1S/C24H28N8O2S/c1-17-14-26-23(29-19-9-10-20(25-15-19)16-32-12-6-11-27-32)30-22(17)28-18-7-5-8-21(13-18)35(33,34)31-24(2,3)4/h5-15,31H,16H2,1-4H3,(H2,26,28,29,30). The van der Waals surface area contributed by atoms with Gasteiger partial charge in [0.25, 0.3) is 0 Å². The van der Waals surface area contributed by atoms with Gasteiger partial charge in [0.15, 0.2) is 0 Å². The highest BCUT2D eigenvalue weighted by molar-refractivity contribution is 7.89. The molecular weight excluding hydrogens is 464 g/mol. The minimum absolute atomic E-state index is 0.170. The fraction of sp³-hybridized carbons (Fsp3) is 0.250. The quantitative estimate of drug-likeness (QED) is 0.337. The Bertz CT molecular complexity index is 1400. The molecule has 0 fully saturated rings. The van der Waals surface area contributed by atoms with Crippen LogP contribution in [0.25, 0.3) is 0 Å². The van der Waals surface area contributed by atoms with Crippen molar-refractivity contribution in [1.29, 1.82) is 0 Å². The van der Waals surface area contributed by atoms with Crippen LogP contribution in [0.1, 0.15) is 32.0 Å². The molecule has 0 aliphatic carbocycles. The van der Waals surface area contributed by atoms with Gasteiger partial charge in [-0.1, -0.05) is 6.07 Å². The first kappa shape index (κ1) is 24.3. The van der Waals surface area contributed by atoms with Gasteiger partial charge in [0.05, 0.1) is 29.0 Å². The zero-order chi connectivity index (χ0) is 25.1. The maximum atomic E-state index is 12.7. The lowest BCUT2D eigenvalue weighted by atomic mass is 10.1. The smallest absolute Gasteiger partial charge is 0.241 e. The third-order valence-corrected chi connectivity index (χ3v) is 6.54. The Morgan fingerprint density at radius 2 is 1.80 bits per heavy atom. The normalized spacial score (nSPS) is 11.9. The minimum Gasteiger partial charge on any atom is -0.340 e. The molecule has 0 radical (unpaired) electrons. The summed E-state index contributed by atoms with van der Waals surface area (Å²) in [6, 6.07) is 12.3. The van der Waals surface area contributed by atoms with E-state index in [4.69, 9.17) is 0 Å². The lowest BCUT2D eigenvalue weighted by Gasteiger charge is -2.20. The van der Waals surface area contributed by atoms with Gasteiger partial charge in [0.1, 0.15) is 5.82 Å². The first-order valence-corrected chi connectivity index (χ1v) is 12.5. The topological polar surface area (TPSA) is 127 Å². The van der Waals surface area contributed by atoms with Crippen molar-refractivity contribution < 1.29 is 8.42 Å². The SMILES string of the molecule is Cc1cnc(Nc2ccc(Cn3cccn3)nc2)nc1Nc1cccc(S(=O)(=O)NC(C)(C)C)c1. The highest BCUT2D eigenvalue weighted by Gasteiger charge is 2.22. The van der Waals surface area contributed by atoms with E-state index in [0.29, 0.717) is 24.0 Å². The Labute approximate surface area is 204 Å². The molecule has 11 heteroatoms. The predicted octanol–water partition coefficient (Wildman–Crippen LogP) is 3.99. The van der Waals surface area contributed by atoms with E-state index < -0.39 is 15.6 Å². The van der Waals surface area contributed by atoms with Crippen LogP contribution in [0.2, 0.25) is 0 Å². The monoisotopic (exact) mass is 492 g/mol. The molecule has 0 aliphatic heterocycles. The maximum Gasteiger partial charge on any atom is 0.241 e. The van der Waals surface area contributed by atoms with Crippen LogP contribution < -0.4 is 15.4 Å². The van der Waals surface area contributed by atoms with E-state index >= 15 is 0 Å². The molecule has 3 aromatic heterocycles. The van der Waals surface area contributed by atoms with Crippen LogP contribution in [-0.2, 0) is 16.6 Å². The number of hydrogen-bond donors (Lipinski definition) is 3. The number of sulfonamides is 1. The van der Waals surface area contributed by atoms with Gasteiger partial charge in [-0.3, -0.25) is 9.67 Å². The molecule has 35 heavy (non-hydrogen) atoms. The molecule has 0 bridgehead atoms. The Balaban J connectivity index is 1.48. The number of nitrogens with one attached hydrogen (secondary N) is 3. The molecule has 3 heterocycles. The number of benzene rings is 1. The fourth-order valence-electron chi connectivity index (χ4n) is 3.25. The summed E-state index contributed by atoms with van der Waals surface area (Å²) in [5, 5.41) is 10.5. The summed E-state index contributed by atoms with van der Waals surface area (Å²) in [7, 11) is -3.66. The summed E-state index contributed by atoms with van der Waals surface area (Å²) in [5.74, 6) is 0.946. The van der Waals surface area contributed by atoms with Crippen molar-refractivity contribution in [3.63, 3.8) is 0 Å². The van der Waals surface area contributed by atoms with Gasteiger partial charge in [-0.25, -0.2) is 18.1 Å². The van der Waals surface area contributed by atoms with Gasteiger partial charge in [0.2, 0.25) is 16.0 Å². The van der Waals surface area contributed by atoms with Gasteiger partial charge >= 0.3 is 0 Å². The van der Waals surface area contributed by atoms with Gasteiger partial charge in [-0.2, -0.15) is 10.1 Å². The van der Waals surface area contributed by atoms with E-state index in [1.807, 2.05) is 31.3 Å². The summed E-state index contributed by atoms with van der Waals surface area (Å²) in [6.07, 6.45) is 7.02. The molecule has 0 unspecified atom stereocenters. The van der Waals surface area contributed by atoms with E-state index in [-0.39, 0.29) is 4.90 Å². The predicted molar refractivity (Wildman–Crippen MR) is 135 cm³/mol. The Morgan fingerprint density at radius 1 is 0.971 bits per heavy atom. The number of hydrogen-bond acceptors (Lipinski definition) is 8. The molecular formula is C24H28N8O2S. The van der Waals surface area contributed by atoms with Crippen molar-refractivity contribution >= 4 is 33.2 Å². The summed E-state index contributed by atoms with van der Waals surface area (Å²) in [5.41, 5.74) is 2.44. The van der Waals surface area contributed by atoms with E-state index in [9.17, 15) is 8.42 Å². The van der Waals surface area contributed by atoms with Gasteiger partial charge in [-0.05, 0) is 64.1 Å². The number of aromatic nitrogens is 5. The maximum absolute atomic E-state index is 12.7. The Hall–Kier alpha value is -3.83. The number of aryl methyl sites for hydroxylation is 1. The van der Waals surface area contributed by atoms with Crippen molar-refractivity contribution in [2.24, 2.45) is 0 Å². The van der Waals surface area contributed by atoms with Crippen molar-refractivity contribution in [3.05, 3.63) is 78.5 Å². The van der Waals surface area contributed by atoms with Crippen LogP contribution in [0.15, 0.2) is 72.1 Å². The molecule has 182 valence electrons. The molecule has 10 nitrogen and oxygen atoms in total. The molecule has 4 aromatic rings. The van der Waals surface area contributed by atoms with E-state index in [0.717, 1.165) is 16.9 Å². The molecule has 0 amide bonds. The van der Waals surface area contributed by atoms with Crippen LogP contribution in [0.4, 0.5) is 23.1 Å². The summed E-state index contributed by atoms with van der Waals surface area (Å²) < 4.78 is 29.9. The van der Waals surface area contributed by atoms with Crippen molar-refractivity contribution in [2.75, 3.05) is 10.6 Å². The zero-order valence-corrected chi connectivity index (χ0v) is 20.8. The van der Waals surface area contributed by atoms with Crippen LogP contribution >= 0.6 is 0 Å². The molecule has 4 rings (SSSR count). The van der Waals surface area contributed by atoms with E-state index in [1.165, 1.54) is 0 Å². The molecule has 1 aromatic carbocycles. The molecule has 0 atom stereocenters. The number of nitrogens with zero attached hydrogens (tertiary/aromatic N) is 5. The highest BCUT2D eigenvalue weighted by Crippen LogP contribution is 2.23. The first-order chi connectivity index (χ1) is 16.6. The molecule has 3 N–H and O–H groups in total. The van der Waals surface area contributed by atoms with Gasteiger partial charge in [-0.15, -0.1) is 0 Å². The minimum atomic E-state index is -3.66. The number of anilines is 4. The van der Waals surface area contributed by atoms with Crippen LogP contribution in [0.5, 0.6) is 0 Å². The van der Waals surface area contributed by atoms with Crippen molar-refractivity contribution in [3.8, 4) is 0 Å². The largest absolute Gasteiger partial charge is 0.340 e. The van der Waals surface area contributed by atoms with Crippen LogP contribution in [0, 0.1) is 6.92 Å². The van der Waals surface area contributed by atoms with E-state index in [2.05, 4.69) is 35.4 Å². The summed E-state index contributed by atoms with van der Waals surface area (Å²) >= 11 is 0. The fourth-order valence-corrected chi connectivity index (χ4v) is 4.71. The summed E-state index contributed by atoms with van der Waals surface area (Å²) in [6.45, 7) is 7.86. The highest BCUT2D eigenvalue weighted by atomic mass is 32.2. The second-order valence-corrected chi connectivity index (χ2v) is 10.8. The molecule has 0 aliphatic rings.